The summed E-state index contributed by atoms with van der Waals surface area (Å²) in [5.74, 6) is 5.18. The number of nitrogens with zero attached hydrogens (tertiary/aromatic N) is 1. The summed E-state index contributed by atoms with van der Waals surface area (Å²) in [6.07, 6.45) is 2.11. The molecule has 0 spiro atoms. The molecule has 1 aromatic carbocycles. The molecule has 118 valence electrons. The van der Waals surface area contributed by atoms with Gasteiger partial charge in [0.2, 0.25) is 12.3 Å². The topological polar surface area (TPSA) is 110 Å². The van der Waals surface area contributed by atoms with Crippen LogP contribution in [0.5, 0.6) is 11.6 Å². The average Bonchev–Trinajstić information content (AvgIpc) is 2.53. The van der Waals surface area contributed by atoms with Gasteiger partial charge in [-0.25, -0.2) is 10.8 Å². The Bertz CT molecular complexity index is 605. The highest BCUT2D eigenvalue weighted by molar-refractivity contribution is 5.56. The molecule has 5 N–H and O–H groups in total. The Morgan fingerprint density at radius 1 is 1.41 bits per heavy atom. The van der Waals surface area contributed by atoms with Gasteiger partial charge in [-0.1, -0.05) is 6.07 Å². The largest absolute Gasteiger partial charge is 0.507 e. The summed E-state index contributed by atoms with van der Waals surface area (Å²) in [4.78, 5) is 13.1. The van der Waals surface area contributed by atoms with E-state index < -0.39 is 0 Å². The molecule has 0 atom stereocenters. The lowest BCUT2D eigenvalue weighted by atomic mass is 10.1. The first-order valence-electron chi connectivity index (χ1n) is 6.56. The summed E-state index contributed by atoms with van der Waals surface area (Å²) < 4.78 is 5.59. The van der Waals surface area contributed by atoms with E-state index in [0.717, 1.165) is 16.8 Å². The maximum Gasteiger partial charge on any atom is 0.221 e. The van der Waals surface area contributed by atoms with E-state index in [9.17, 15) is 5.11 Å². The Hall–Kier alpha value is -2.80. The number of aromatic nitrogens is 1. The van der Waals surface area contributed by atoms with Crippen molar-refractivity contribution >= 4 is 12.1 Å². The molecule has 0 bridgehead atoms. The highest BCUT2D eigenvalue weighted by Gasteiger charge is 2.07. The van der Waals surface area contributed by atoms with Crippen LogP contribution in [-0.2, 0) is 11.4 Å². The smallest absolute Gasteiger partial charge is 0.221 e. The summed E-state index contributed by atoms with van der Waals surface area (Å²) in [6, 6.07) is 9.09. The van der Waals surface area contributed by atoms with E-state index in [2.05, 4.69) is 16.1 Å². The minimum absolute atomic E-state index is 0.217. The highest BCUT2D eigenvalue weighted by Crippen LogP contribution is 2.26. The Morgan fingerprint density at radius 2 is 2.14 bits per heavy atom. The van der Waals surface area contributed by atoms with Crippen molar-refractivity contribution in [2.75, 3.05) is 12.4 Å². The van der Waals surface area contributed by atoms with Gasteiger partial charge in [-0.2, -0.15) is 0 Å². The summed E-state index contributed by atoms with van der Waals surface area (Å²) in [5, 5.41) is 12.8. The Morgan fingerprint density at radius 3 is 2.73 bits per heavy atom. The van der Waals surface area contributed by atoms with Gasteiger partial charge in [-0.15, -0.1) is 0 Å². The van der Waals surface area contributed by atoms with Crippen molar-refractivity contribution in [1.82, 2.24) is 10.4 Å². The minimum Gasteiger partial charge on any atom is -0.507 e. The molecular formula is C15H20N4O3. The average molecular weight is 304 g/mol. The third-order valence-electron chi connectivity index (χ3n) is 2.74. The molecule has 22 heavy (non-hydrogen) atoms. The van der Waals surface area contributed by atoms with Crippen LogP contribution >= 0.6 is 0 Å². The Labute approximate surface area is 129 Å². The molecule has 1 heterocycles. The van der Waals surface area contributed by atoms with Crippen LogP contribution < -0.4 is 21.3 Å². The molecule has 0 aliphatic carbocycles. The molecule has 0 saturated carbocycles. The predicted molar refractivity (Wildman–Crippen MR) is 84.3 cm³/mol. The number of phenolic OH excluding ortho intramolecular Hbond substituents is 1. The van der Waals surface area contributed by atoms with E-state index in [1.807, 2.05) is 32.2 Å². The second-order valence-electron chi connectivity index (χ2n) is 4.30. The monoisotopic (exact) mass is 304 g/mol. The van der Waals surface area contributed by atoms with Crippen LogP contribution in [0.3, 0.4) is 0 Å². The Kier molecular flexibility index (Phi) is 7.21. The van der Waals surface area contributed by atoms with Crippen LogP contribution in [-0.4, -0.2) is 23.5 Å². The van der Waals surface area contributed by atoms with Gasteiger partial charge in [0.25, 0.3) is 0 Å². The number of pyridine rings is 1. The lowest BCUT2D eigenvalue weighted by Gasteiger charge is -2.12. The number of anilines is 1. The number of aryl methyl sites for hydroxylation is 1. The van der Waals surface area contributed by atoms with Gasteiger partial charge in [0.15, 0.2) is 0 Å². The van der Waals surface area contributed by atoms with Crippen LogP contribution in [0.25, 0.3) is 0 Å². The number of rotatable bonds is 5. The van der Waals surface area contributed by atoms with E-state index in [1.165, 1.54) is 0 Å². The first-order chi connectivity index (χ1) is 10.6. The fraction of sp³-hybridized carbons (Fsp3) is 0.200. The molecule has 0 saturated heterocycles. The zero-order chi connectivity index (χ0) is 16.4. The van der Waals surface area contributed by atoms with Crippen LogP contribution in [0.2, 0.25) is 0 Å². The molecule has 0 fully saturated rings. The van der Waals surface area contributed by atoms with Gasteiger partial charge in [0.05, 0.1) is 5.56 Å². The first-order valence-corrected chi connectivity index (χ1v) is 6.56. The van der Waals surface area contributed by atoms with Crippen LogP contribution in [0.1, 0.15) is 11.1 Å². The van der Waals surface area contributed by atoms with Gasteiger partial charge in [0.1, 0.15) is 12.4 Å². The van der Waals surface area contributed by atoms with E-state index >= 15 is 0 Å². The number of benzene rings is 1. The van der Waals surface area contributed by atoms with Crippen molar-refractivity contribution in [2.45, 2.75) is 13.5 Å². The molecule has 0 unspecified atom stereocenters. The molecule has 0 radical (unpaired) electrons. The molecule has 7 nitrogen and oxygen atoms in total. The van der Waals surface area contributed by atoms with Crippen LogP contribution in [0.15, 0.2) is 36.5 Å². The predicted octanol–water partition coefficient (Wildman–Crippen LogP) is 1.32. The number of ether oxygens (including phenoxy) is 1. The molecule has 2 aromatic rings. The number of aromatic hydroxyl groups is 1. The lowest BCUT2D eigenvalue weighted by Crippen LogP contribution is -2.18. The van der Waals surface area contributed by atoms with E-state index in [0.29, 0.717) is 12.3 Å². The maximum atomic E-state index is 9.81. The van der Waals surface area contributed by atoms with Crippen molar-refractivity contribution < 1.29 is 14.6 Å². The highest BCUT2D eigenvalue weighted by atomic mass is 16.5. The number of carbonyl (C=O) groups excluding carboxylic acids is 1. The first kappa shape index (κ1) is 17.3. The lowest BCUT2D eigenvalue weighted by molar-refractivity contribution is -0.109. The summed E-state index contributed by atoms with van der Waals surface area (Å²) in [6.45, 7) is 2.26. The molecule has 1 amide bonds. The summed E-state index contributed by atoms with van der Waals surface area (Å²) >= 11 is 0. The van der Waals surface area contributed by atoms with Gasteiger partial charge >= 0.3 is 0 Å². The number of hydrogen-bond acceptors (Lipinski definition) is 6. The zero-order valence-corrected chi connectivity index (χ0v) is 12.5. The third-order valence-corrected chi connectivity index (χ3v) is 2.74. The number of hydrazine groups is 1. The fourth-order valence-corrected chi connectivity index (χ4v) is 1.69. The van der Waals surface area contributed by atoms with E-state index in [-0.39, 0.29) is 12.4 Å². The van der Waals surface area contributed by atoms with Crippen LogP contribution in [0.4, 0.5) is 5.69 Å². The third kappa shape index (κ3) is 5.29. The normalized spacial score (nSPS) is 9.23. The summed E-state index contributed by atoms with van der Waals surface area (Å²) in [5.41, 5.74) is 4.41. The van der Waals surface area contributed by atoms with Gasteiger partial charge < -0.3 is 15.2 Å². The van der Waals surface area contributed by atoms with E-state index in [4.69, 9.17) is 9.53 Å². The van der Waals surface area contributed by atoms with Crippen molar-refractivity contribution in [1.29, 1.82) is 0 Å². The second kappa shape index (κ2) is 9.19. The number of amides is 1. The van der Waals surface area contributed by atoms with Crippen molar-refractivity contribution in [3.8, 4) is 11.6 Å². The number of phenols is 1. The standard InChI is InChI=1S/C14H16N2O2.CH4N2O/c1-10-6-7-16-14(8-10)18-9-11-12(15-2)4-3-5-13(11)17;2-3-1-4/h3-8,15,17H,9H2,1-2H3;1H,2H2,(H,3,4). The quantitative estimate of drug-likeness (QED) is 0.287. The van der Waals surface area contributed by atoms with Gasteiger partial charge in [-0.3, -0.25) is 10.2 Å². The molecule has 1 aromatic heterocycles. The van der Waals surface area contributed by atoms with Crippen molar-refractivity contribution in [3.05, 3.63) is 47.7 Å². The molecule has 0 aliphatic heterocycles. The Balaban J connectivity index is 0.000000541. The molecule has 0 aliphatic rings. The van der Waals surface area contributed by atoms with Crippen molar-refractivity contribution in [3.63, 3.8) is 0 Å². The second-order valence-corrected chi connectivity index (χ2v) is 4.30. The van der Waals surface area contributed by atoms with Gasteiger partial charge in [-0.05, 0) is 30.7 Å². The minimum atomic E-state index is 0.217. The number of nitrogens with one attached hydrogen (secondary N) is 2. The molecular weight excluding hydrogens is 284 g/mol. The van der Waals surface area contributed by atoms with Crippen molar-refractivity contribution in [2.24, 2.45) is 5.84 Å². The number of carbonyl (C=O) groups is 1. The summed E-state index contributed by atoms with van der Waals surface area (Å²) in [7, 11) is 1.81. The van der Waals surface area contributed by atoms with Gasteiger partial charge in [0, 0.05) is 25.0 Å². The molecule has 2 rings (SSSR count). The molecule has 7 heteroatoms. The number of hydrogen-bond donors (Lipinski definition) is 4. The van der Waals surface area contributed by atoms with Crippen LogP contribution in [0, 0.1) is 6.92 Å². The van der Waals surface area contributed by atoms with E-state index in [1.54, 1.807) is 23.8 Å². The number of nitrogens with two attached hydrogens (primary N) is 1. The SMILES string of the molecule is CNc1cccc(O)c1COc1cc(C)ccn1.NNC=O. The fourth-order valence-electron chi connectivity index (χ4n) is 1.69. The maximum absolute atomic E-state index is 9.81. The zero-order valence-electron chi connectivity index (χ0n) is 12.5.